The Morgan fingerprint density at radius 2 is 1.86 bits per heavy atom. The predicted molar refractivity (Wildman–Crippen MR) is 119 cm³/mol. The normalized spacial score (nSPS) is 12.6. The molecule has 15 heteroatoms. The van der Waals surface area contributed by atoms with Gasteiger partial charge in [0.1, 0.15) is 23.3 Å². The van der Waals surface area contributed by atoms with Gasteiger partial charge in [-0.25, -0.2) is 26.7 Å². The van der Waals surface area contributed by atoms with E-state index in [9.17, 15) is 26.0 Å². The number of rotatable bonds is 7. The van der Waals surface area contributed by atoms with Gasteiger partial charge in [0.2, 0.25) is 15.7 Å². The SMILES string of the molecule is CON(c1cc(C)c(F)cc1F)c1ncnn2cc(-c3nnc(C(F)(F)S(C)(=O)=O)o3)c(C(C)C)c12. The highest BCUT2D eigenvalue weighted by molar-refractivity contribution is 7.91. The lowest BCUT2D eigenvalue weighted by Crippen LogP contribution is -2.25. The van der Waals surface area contributed by atoms with E-state index in [0.29, 0.717) is 17.9 Å². The third kappa shape index (κ3) is 4.07. The van der Waals surface area contributed by atoms with Crippen LogP contribution < -0.4 is 5.06 Å². The van der Waals surface area contributed by atoms with E-state index in [0.717, 1.165) is 11.4 Å². The number of alkyl halides is 2. The minimum atomic E-state index is -4.88. The van der Waals surface area contributed by atoms with Crippen LogP contribution in [0.2, 0.25) is 0 Å². The summed E-state index contributed by atoms with van der Waals surface area (Å²) in [5, 5.41) is 7.63. The highest BCUT2D eigenvalue weighted by Crippen LogP contribution is 2.41. The maximum absolute atomic E-state index is 14.7. The van der Waals surface area contributed by atoms with Gasteiger partial charge in [0.15, 0.2) is 11.6 Å². The minimum absolute atomic E-state index is 0.0496. The van der Waals surface area contributed by atoms with Gasteiger partial charge >= 0.3 is 11.1 Å². The predicted octanol–water partition coefficient (Wildman–Crippen LogP) is 4.28. The van der Waals surface area contributed by atoms with Gasteiger partial charge < -0.3 is 4.42 Å². The summed E-state index contributed by atoms with van der Waals surface area (Å²) in [5.74, 6) is -3.71. The molecular weight excluding hydrogens is 508 g/mol. The number of halogens is 4. The summed E-state index contributed by atoms with van der Waals surface area (Å²) >= 11 is 0. The Morgan fingerprint density at radius 3 is 2.47 bits per heavy atom. The van der Waals surface area contributed by atoms with E-state index < -0.39 is 32.6 Å². The Labute approximate surface area is 202 Å². The fourth-order valence-electron chi connectivity index (χ4n) is 3.63. The van der Waals surface area contributed by atoms with Crippen LogP contribution in [0.4, 0.5) is 29.1 Å². The van der Waals surface area contributed by atoms with E-state index >= 15 is 0 Å². The van der Waals surface area contributed by atoms with Crippen molar-refractivity contribution in [1.29, 1.82) is 0 Å². The number of fused-ring (bicyclic) bond motifs is 1. The summed E-state index contributed by atoms with van der Waals surface area (Å²) in [4.78, 5) is 9.61. The summed E-state index contributed by atoms with van der Waals surface area (Å²) in [6, 6.07) is 1.95. The number of nitrogens with zero attached hydrogens (tertiary/aromatic N) is 6. The Bertz CT molecular complexity index is 1570. The van der Waals surface area contributed by atoms with Crippen LogP contribution in [0, 0.1) is 18.6 Å². The van der Waals surface area contributed by atoms with Crippen LogP contribution in [-0.2, 0) is 19.9 Å². The van der Waals surface area contributed by atoms with Gasteiger partial charge in [-0.3, -0.25) is 4.84 Å². The second kappa shape index (κ2) is 8.81. The molecule has 3 heterocycles. The molecule has 0 saturated carbocycles. The molecule has 0 amide bonds. The molecule has 0 unspecified atom stereocenters. The topological polar surface area (TPSA) is 116 Å². The summed E-state index contributed by atoms with van der Waals surface area (Å²) in [7, 11) is -3.62. The van der Waals surface area contributed by atoms with Gasteiger partial charge in [-0.15, -0.1) is 10.2 Å². The third-order valence-electron chi connectivity index (χ3n) is 5.36. The van der Waals surface area contributed by atoms with Gasteiger partial charge in [0.05, 0.1) is 12.7 Å². The lowest BCUT2D eigenvalue weighted by molar-refractivity contribution is 0.0600. The van der Waals surface area contributed by atoms with Gasteiger partial charge in [0, 0.05) is 18.5 Å². The molecule has 0 aliphatic heterocycles. The number of benzene rings is 1. The van der Waals surface area contributed by atoms with Crippen molar-refractivity contribution in [2.24, 2.45) is 0 Å². The van der Waals surface area contributed by atoms with Crippen molar-refractivity contribution < 1.29 is 35.2 Å². The van der Waals surface area contributed by atoms with Crippen LogP contribution in [0.25, 0.3) is 17.0 Å². The molecule has 0 aliphatic carbocycles. The molecule has 0 aliphatic rings. The number of sulfone groups is 1. The second-order valence-corrected chi connectivity index (χ2v) is 10.3. The van der Waals surface area contributed by atoms with Crippen LogP contribution >= 0.6 is 0 Å². The van der Waals surface area contributed by atoms with Crippen LogP contribution in [0.15, 0.2) is 29.1 Å². The third-order valence-corrected chi connectivity index (χ3v) is 6.47. The van der Waals surface area contributed by atoms with Gasteiger partial charge in [-0.05, 0) is 30.0 Å². The maximum atomic E-state index is 14.7. The zero-order valence-corrected chi connectivity index (χ0v) is 20.4. The Kier molecular flexibility index (Phi) is 6.24. The molecule has 0 spiro atoms. The monoisotopic (exact) mass is 528 g/mol. The van der Waals surface area contributed by atoms with Crippen molar-refractivity contribution in [3.05, 3.63) is 53.3 Å². The Hall–Kier alpha value is -3.59. The molecule has 0 N–H and O–H groups in total. The standard InChI is InChI=1S/C21H20F4N6O4S/c1-10(2)16-12(19-28-29-20(35-19)21(24,25)36(5,32)33)8-30-17(16)18(26-9-27-30)31(34-4)15-6-11(3)13(22)7-14(15)23/h6-10H,1-5H3. The van der Waals surface area contributed by atoms with Crippen LogP contribution in [0.5, 0.6) is 0 Å². The van der Waals surface area contributed by atoms with Crippen LogP contribution in [0.1, 0.15) is 36.8 Å². The summed E-state index contributed by atoms with van der Waals surface area (Å²) in [6.45, 7) is 5.01. The molecule has 3 aromatic heterocycles. The van der Waals surface area contributed by atoms with Crippen LogP contribution in [0.3, 0.4) is 0 Å². The molecule has 4 aromatic rings. The van der Waals surface area contributed by atoms with Crippen molar-refractivity contribution in [3.63, 3.8) is 0 Å². The van der Waals surface area contributed by atoms with Gasteiger partial charge in [0.25, 0.3) is 0 Å². The van der Waals surface area contributed by atoms with Gasteiger partial charge in [-0.1, -0.05) is 13.8 Å². The molecule has 1 aromatic carbocycles. The average molecular weight is 528 g/mol. The quantitative estimate of drug-likeness (QED) is 0.256. The average Bonchev–Trinajstić information content (AvgIpc) is 3.42. The molecule has 10 nitrogen and oxygen atoms in total. The zero-order chi connectivity index (χ0) is 26.6. The van der Waals surface area contributed by atoms with E-state index in [1.807, 2.05) is 0 Å². The fourth-order valence-corrected chi connectivity index (χ4v) is 4.03. The van der Waals surface area contributed by atoms with Gasteiger partial charge in [-0.2, -0.15) is 18.9 Å². The van der Waals surface area contributed by atoms with Crippen molar-refractivity contribution in [3.8, 4) is 11.5 Å². The van der Waals surface area contributed by atoms with Crippen molar-refractivity contribution in [2.45, 2.75) is 31.9 Å². The highest BCUT2D eigenvalue weighted by Gasteiger charge is 2.49. The first-order valence-electron chi connectivity index (χ1n) is 10.4. The molecule has 0 fully saturated rings. The summed E-state index contributed by atoms with van der Waals surface area (Å²) < 4.78 is 86.5. The number of anilines is 2. The van der Waals surface area contributed by atoms with Crippen molar-refractivity contribution in [1.82, 2.24) is 24.8 Å². The molecule has 36 heavy (non-hydrogen) atoms. The molecule has 0 saturated heterocycles. The summed E-state index contributed by atoms with van der Waals surface area (Å²) in [5.41, 5.74) is 0.901. The Balaban J connectivity index is 1.95. The number of aryl methyl sites for hydroxylation is 1. The second-order valence-electron chi connectivity index (χ2n) is 8.22. The van der Waals surface area contributed by atoms with Crippen LogP contribution in [-0.4, -0.2) is 46.6 Å². The van der Waals surface area contributed by atoms with Crippen molar-refractivity contribution in [2.75, 3.05) is 18.4 Å². The maximum Gasteiger partial charge on any atom is 0.420 e. The highest BCUT2D eigenvalue weighted by atomic mass is 32.2. The van der Waals surface area contributed by atoms with E-state index in [2.05, 4.69) is 20.3 Å². The number of aromatic nitrogens is 5. The number of hydrogen-bond acceptors (Lipinski definition) is 9. The first kappa shape index (κ1) is 25.5. The molecule has 0 radical (unpaired) electrons. The smallest absolute Gasteiger partial charge is 0.414 e. The van der Waals surface area contributed by atoms with E-state index in [1.165, 1.54) is 30.8 Å². The molecule has 192 valence electrons. The van der Waals surface area contributed by atoms with E-state index in [4.69, 9.17) is 9.25 Å². The number of hydrogen-bond donors (Lipinski definition) is 0. The molecule has 0 atom stereocenters. The molecular formula is C21H20F4N6O4S. The first-order chi connectivity index (χ1) is 16.8. The molecule has 0 bridgehead atoms. The largest absolute Gasteiger partial charge is 0.420 e. The van der Waals surface area contributed by atoms with E-state index in [-0.39, 0.29) is 40.0 Å². The lowest BCUT2D eigenvalue weighted by Gasteiger charge is -2.23. The Morgan fingerprint density at radius 1 is 1.17 bits per heavy atom. The minimum Gasteiger partial charge on any atom is -0.414 e. The van der Waals surface area contributed by atoms with E-state index in [1.54, 1.807) is 13.8 Å². The van der Waals surface area contributed by atoms with Crippen molar-refractivity contribution >= 4 is 26.9 Å². The summed E-state index contributed by atoms with van der Waals surface area (Å²) in [6.07, 6.45) is 2.89. The lowest BCUT2D eigenvalue weighted by atomic mass is 10.00. The fraction of sp³-hybridized carbons (Fsp3) is 0.333. The molecule has 4 rings (SSSR count). The zero-order valence-electron chi connectivity index (χ0n) is 19.6. The first-order valence-corrected chi connectivity index (χ1v) is 12.2.